The summed E-state index contributed by atoms with van der Waals surface area (Å²) < 4.78 is 0. The minimum Gasteiger partial charge on any atom is -0.368 e. The van der Waals surface area contributed by atoms with Crippen LogP contribution in [0.5, 0.6) is 0 Å². The first-order valence-electron chi connectivity index (χ1n) is 5.88. The van der Waals surface area contributed by atoms with Crippen molar-refractivity contribution in [3.63, 3.8) is 0 Å². The minimum absolute atomic E-state index is 0.833. The van der Waals surface area contributed by atoms with E-state index >= 15 is 0 Å². The molecule has 0 atom stereocenters. The van der Waals surface area contributed by atoms with Gasteiger partial charge in [-0.15, -0.1) is 0 Å². The number of nitrogens with zero attached hydrogens (tertiary/aromatic N) is 2. The van der Waals surface area contributed by atoms with Crippen LogP contribution in [0.3, 0.4) is 0 Å². The Morgan fingerprint density at radius 1 is 1.20 bits per heavy atom. The van der Waals surface area contributed by atoms with Crippen molar-refractivity contribution in [1.82, 2.24) is 9.97 Å². The second-order valence-corrected chi connectivity index (χ2v) is 4.38. The Balaban J connectivity index is 1.84. The molecule has 0 bridgehead atoms. The molecule has 3 nitrogen and oxygen atoms in total. The number of hydrogen-bond acceptors (Lipinski definition) is 3. The number of hydrogen-bond donors (Lipinski definition) is 1. The Morgan fingerprint density at radius 3 is 2.67 bits per heavy atom. The molecule has 15 heavy (non-hydrogen) atoms. The zero-order chi connectivity index (χ0) is 10.5. The van der Waals surface area contributed by atoms with Gasteiger partial charge in [-0.25, -0.2) is 4.98 Å². The molecule has 1 aromatic heterocycles. The third-order valence-corrected chi connectivity index (χ3v) is 3.16. The summed E-state index contributed by atoms with van der Waals surface area (Å²) in [6, 6.07) is 0. The molecule has 0 amide bonds. The third-order valence-electron chi connectivity index (χ3n) is 3.16. The van der Waals surface area contributed by atoms with Crippen LogP contribution in [-0.2, 0) is 0 Å². The van der Waals surface area contributed by atoms with Crippen molar-refractivity contribution in [2.24, 2.45) is 5.92 Å². The summed E-state index contributed by atoms with van der Waals surface area (Å²) in [6.07, 6.45) is 10.4. The topological polar surface area (TPSA) is 37.8 Å². The summed E-state index contributed by atoms with van der Waals surface area (Å²) >= 11 is 0. The van der Waals surface area contributed by atoms with E-state index in [-0.39, 0.29) is 0 Å². The van der Waals surface area contributed by atoms with Gasteiger partial charge in [0.1, 0.15) is 5.82 Å². The maximum Gasteiger partial charge on any atom is 0.147 e. The monoisotopic (exact) mass is 205 g/mol. The molecule has 0 aliphatic heterocycles. The van der Waals surface area contributed by atoms with Gasteiger partial charge in [0, 0.05) is 18.9 Å². The van der Waals surface area contributed by atoms with Crippen LogP contribution in [0.2, 0.25) is 0 Å². The quantitative estimate of drug-likeness (QED) is 0.824. The van der Waals surface area contributed by atoms with Crippen molar-refractivity contribution in [1.29, 1.82) is 0 Å². The van der Waals surface area contributed by atoms with Gasteiger partial charge in [-0.1, -0.05) is 19.3 Å². The van der Waals surface area contributed by atoms with Gasteiger partial charge in [0.05, 0.1) is 5.69 Å². The fourth-order valence-electron chi connectivity index (χ4n) is 2.21. The molecule has 1 saturated carbocycles. The summed E-state index contributed by atoms with van der Waals surface area (Å²) in [5.74, 6) is 1.78. The second-order valence-electron chi connectivity index (χ2n) is 4.38. The normalized spacial score (nSPS) is 17.7. The van der Waals surface area contributed by atoms with E-state index in [0.29, 0.717) is 0 Å². The number of aromatic nitrogens is 2. The molecule has 2 rings (SSSR count). The summed E-state index contributed by atoms with van der Waals surface area (Å²) in [7, 11) is 0. The molecule has 1 N–H and O–H groups in total. The highest BCUT2D eigenvalue weighted by atomic mass is 15.0. The lowest BCUT2D eigenvalue weighted by molar-refractivity contribution is 0.373. The first-order valence-corrected chi connectivity index (χ1v) is 5.88. The molecule has 0 saturated heterocycles. The van der Waals surface area contributed by atoms with Crippen LogP contribution in [0.15, 0.2) is 12.4 Å². The fraction of sp³-hybridized carbons (Fsp3) is 0.667. The molecular weight excluding hydrogens is 186 g/mol. The Labute approximate surface area is 91.3 Å². The Kier molecular flexibility index (Phi) is 3.54. The van der Waals surface area contributed by atoms with Crippen molar-refractivity contribution in [2.75, 3.05) is 11.9 Å². The average molecular weight is 205 g/mol. The summed E-state index contributed by atoms with van der Waals surface area (Å²) in [4.78, 5) is 8.51. The zero-order valence-corrected chi connectivity index (χ0v) is 9.37. The molecule has 1 heterocycles. The predicted molar refractivity (Wildman–Crippen MR) is 61.8 cm³/mol. The maximum atomic E-state index is 4.29. The number of anilines is 1. The van der Waals surface area contributed by atoms with Crippen LogP contribution in [0.25, 0.3) is 0 Å². The summed E-state index contributed by atoms with van der Waals surface area (Å²) in [5, 5.41) is 3.41. The molecule has 1 aromatic rings. The minimum atomic E-state index is 0.833. The third kappa shape index (κ3) is 2.91. The van der Waals surface area contributed by atoms with E-state index in [0.717, 1.165) is 24.0 Å². The molecule has 0 unspecified atom stereocenters. The van der Waals surface area contributed by atoms with E-state index in [1.807, 2.05) is 6.92 Å². The van der Waals surface area contributed by atoms with E-state index < -0.39 is 0 Å². The van der Waals surface area contributed by atoms with Gasteiger partial charge in [0.2, 0.25) is 0 Å². The van der Waals surface area contributed by atoms with E-state index in [1.165, 1.54) is 32.1 Å². The van der Waals surface area contributed by atoms with Crippen molar-refractivity contribution in [2.45, 2.75) is 39.0 Å². The van der Waals surface area contributed by atoms with Crippen LogP contribution < -0.4 is 5.32 Å². The van der Waals surface area contributed by atoms with Gasteiger partial charge in [-0.3, -0.25) is 4.98 Å². The molecule has 0 spiro atoms. The second kappa shape index (κ2) is 5.10. The molecule has 1 fully saturated rings. The van der Waals surface area contributed by atoms with Crippen LogP contribution in [0, 0.1) is 12.8 Å². The van der Waals surface area contributed by atoms with Gasteiger partial charge in [0.25, 0.3) is 0 Å². The highest BCUT2D eigenvalue weighted by Gasteiger charge is 2.13. The largest absolute Gasteiger partial charge is 0.368 e. The lowest BCUT2D eigenvalue weighted by atomic mass is 9.89. The number of nitrogens with one attached hydrogen (secondary N) is 1. The highest BCUT2D eigenvalue weighted by Crippen LogP contribution is 2.23. The van der Waals surface area contributed by atoms with Gasteiger partial charge in [0.15, 0.2) is 0 Å². The zero-order valence-electron chi connectivity index (χ0n) is 9.37. The van der Waals surface area contributed by atoms with Crippen LogP contribution >= 0.6 is 0 Å². The lowest BCUT2D eigenvalue weighted by Gasteiger charge is -2.22. The molecule has 0 aromatic carbocycles. The van der Waals surface area contributed by atoms with Gasteiger partial charge in [-0.05, 0) is 25.7 Å². The Morgan fingerprint density at radius 2 is 1.93 bits per heavy atom. The molecule has 82 valence electrons. The van der Waals surface area contributed by atoms with Crippen molar-refractivity contribution in [3.8, 4) is 0 Å². The summed E-state index contributed by atoms with van der Waals surface area (Å²) in [6.45, 7) is 3.05. The summed E-state index contributed by atoms with van der Waals surface area (Å²) in [5.41, 5.74) is 0.994. The Bertz CT molecular complexity index is 305. The predicted octanol–water partition coefficient (Wildman–Crippen LogP) is 2.78. The van der Waals surface area contributed by atoms with Crippen molar-refractivity contribution < 1.29 is 0 Å². The highest BCUT2D eigenvalue weighted by molar-refractivity contribution is 5.38. The first-order chi connectivity index (χ1) is 7.36. The fourth-order valence-corrected chi connectivity index (χ4v) is 2.21. The van der Waals surface area contributed by atoms with Gasteiger partial charge < -0.3 is 5.32 Å². The molecule has 1 aliphatic carbocycles. The first kappa shape index (κ1) is 10.4. The van der Waals surface area contributed by atoms with Crippen LogP contribution in [0.1, 0.15) is 37.8 Å². The standard InChI is InChI=1S/C12H19N3/c1-10-12(14-8-7-13-10)15-9-11-5-3-2-4-6-11/h7-8,11H,2-6,9H2,1H3,(H,14,15). The molecule has 0 radical (unpaired) electrons. The number of rotatable bonds is 3. The Hall–Kier alpha value is -1.12. The van der Waals surface area contributed by atoms with Gasteiger partial charge >= 0.3 is 0 Å². The van der Waals surface area contributed by atoms with E-state index in [4.69, 9.17) is 0 Å². The van der Waals surface area contributed by atoms with Crippen molar-refractivity contribution in [3.05, 3.63) is 18.1 Å². The van der Waals surface area contributed by atoms with Crippen molar-refractivity contribution >= 4 is 5.82 Å². The molecule has 3 heteroatoms. The average Bonchev–Trinajstić information content (AvgIpc) is 2.29. The molecular formula is C12H19N3. The lowest BCUT2D eigenvalue weighted by Crippen LogP contribution is -2.18. The van der Waals surface area contributed by atoms with E-state index in [2.05, 4.69) is 15.3 Å². The van der Waals surface area contributed by atoms with E-state index in [1.54, 1.807) is 12.4 Å². The van der Waals surface area contributed by atoms with E-state index in [9.17, 15) is 0 Å². The molecule has 1 aliphatic rings. The van der Waals surface area contributed by atoms with Crippen LogP contribution in [0.4, 0.5) is 5.82 Å². The van der Waals surface area contributed by atoms with Crippen LogP contribution in [-0.4, -0.2) is 16.5 Å². The van der Waals surface area contributed by atoms with Gasteiger partial charge in [-0.2, -0.15) is 0 Å². The number of aryl methyl sites for hydroxylation is 1. The SMILES string of the molecule is Cc1nccnc1NCC1CCCCC1. The maximum absolute atomic E-state index is 4.29. The smallest absolute Gasteiger partial charge is 0.147 e.